The van der Waals surface area contributed by atoms with Gasteiger partial charge in [0.15, 0.2) is 0 Å². The Labute approximate surface area is 157 Å². The molecule has 3 aromatic rings. The summed E-state index contributed by atoms with van der Waals surface area (Å²) in [6, 6.07) is 12.2. The highest BCUT2D eigenvalue weighted by atomic mass is 16.5. The molecule has 0 bridgehead atoms. The Hall–Kier alpha value is -2.89. The molecule has 138 valence electrons. The monoisotopic (exact) mass is 362 g/mol. The van der Waals surface area contributed by atoms with Gasteiger partial charge in [0, 0.05) is 49.7 Å². The fourth-order valence-corrected chi connectivity index (χ4v) is 3.96. The van der Waals surface area contributed by atoms with Gasteiger partial charge >= 0.3 is 0 Å². The van der Waals surface area contributed by atoms with E-state index in [2.05, 4.69) is 17.3 Å². The number of fused-ring (bicyclic) bond motifs is 1. The largest absolute Gasteiger partial charge is 0.351 e. The lowest BCUT2D eigenvalue weighted by molar-refractivity contribution is 0.0720. The van der Waals surface area contributed by atoms with Crippen LogP contribution in [0.4, 0.5) is 0 Å². The highest BCUT2D eigenvalue weighted by Gasteiger charge is 2.30. The van der Waals surface area contributed by atoms with Gasteiger partial charge in [-0.15, -0.1) is 0 Å². The molecule has 1 saturated carbocycles. The van der Waals surface area contributed by atoms with E-state index in [1.165, 1.54) is 5.56 Å². The normalized spacial score (nSPS) is 16.9. The van der Waals surface area contributed by atoms with E-state index in [4.69, 9.17) is 9.62 Å². The number of benzene rings is 1. The lowest BCUT2D eigenvalue weighted by Crippen LogP contribution is -2.33. The first-order valence-electron chi connectivity index (χ1n) is 9.57. The molecule has 1 aliphatic heterocycles. The molecule has 1 fully saturated rings. The van der Waals surface area contributed by atoms with E-state index in [-0.39, 0.29) is 5.91 Å². The van der Waals surface area contributed by atoms with Gasteiger partial charge in [0.1, 0.15) is 0 Å². The van der Waals surface area contributed by atoms with Crippen molar-refractivity contribution in [1.29, 1.82) is 0 Å². The lowest BCUT2D eigenvalue weighted by atomic mass is 10.0. The van der Waals surface area contributed by atoms with Crippen molar-refractivity contribution in [3.05, 3.63) is 59.1 Å². The maximum atomic E-state index is 12.9. The topological polar surface area (TPSA) is 64.2 Å². The van der Waals surface area contributed by atoms with Crippen LogP contribution < -0.4 is 0 Å². The third-order valence-electron chi connectivity index (χ3n) is 5.55. The van der Waals surface area contributed by atoms with Crippen LogP contribution in [0.3, 0.4) is 0 Å². The average molecular weight is 362 g/mol. The molecule has 2 aromatic heterocycles. The first kappa shape index (κ1) is 16.3. The van der Waals surface area contributed by atoms with Gasteiger partial charge in [0.2, 0.25) is 5.76 Å². The summed E-state index contributed by atoms with van der Waals surface area (Å²) in [6.07, 6.45) is 3.84. The van der Waals surface area contributed by atoms with Crippen LogP contribution in [-0.4, -0.2) is 38.8 Å². The van der Waals surface area contributed by atoms with Gasteiger partial charge in [0.25, 0.3) is 5.91 Å². The lowest BCUT2D eigenvalue weighted by Gasteiger charge is -2.18. The van der Waals surface area contributed by atoms with Crippen LogP contribution in [-0.2, 0) is 19.9 Å². The van der Waals surface area contributed by atoms with Crippen molar-refractivity contribution in [2.75, 3.05) is 13.1 Å². The van der Waals surface area contributed by atoms with Gasteiger partial charge < -0.3 is 9.42 Å². The van der Waals surface area contributed by atoms with Crippen molar-refractivity contribution in [3.63, 3.8) is 0 Å². The van der Waals surface area contributed by atoms with E-state index in [0.717, 1.165) is 48.3 Å². The molecule has 6 heteroatoms. The second-order valence-corrected chi connectivity index (χ2v) is 7.45. The molecule has 0 saturated heterocycles. The number of aryl methyl sites for hydroxylation is 1. The predicted molar refractivity (Wildman–Crippen MR) is 100 cm³/mol. The number of rotatable bonds is 3. The van der Waals surface area contributed by atoms with E-state index in [1.54, 1.807) is 0 Å². The minimum absolute atomic E-state index is 0.0646. The van der Waals surface area contributed by atoms with Gasteiger partial charge in [-0.25, -0.2) is 0 Å². The summed E-state index contributed by atoms with van der Waals surface area (Å²) >= 11 is 0. The van der Waals surface area contributed by atoms with Crippen molar-refractivity contribution < 1.29 is 9.32 Å². The zero-order chi connectivity index (χ0) is 18.4. The van der Waals surface area contributed by atoms with Gasteiger partial charge in [-0.3, -0.25) is 9.48 Å². The molecule has 0 atom stereocenters. The van der Waals surface area contributed by atoms with E-state index < -0.39 is 0 Å². The van der Waals surface area contributed by atoms with E-state index in [0.29, 0.717) is 24.8 Å². The van der Waals surface area contributed by atoms with Crippen molar-refractivity contribution in [1.82, 2.24) is 19.8 Å². The smallest absolute Gasteiger partial charge is 0.292 e. The maximum Gasteiger partial charge on any atom is 0.292 e. The van der Waals surface area contributed by atoms with Crippen LogP contribution in [0.15, 0.2) is 40.9 Å². The number of nitrogens with zero attached hydrogens (tertiary/aromatic N) is 4. The molecule has 2 aliphatic rings. The van der Waals surface area contributed by atoms with Crippen molar-refractivity contribution in [2.24, 2.45) is 7.05 Å². The van der Waals surface area contributed by atoms with Crippen molar-refractivity contribution >= 4 is 5.91 Å². The van der Waals surface area contributed by atoms with Crippen LogP contribution in [0.5, 0.6) is 0 Å². The average Bonchev–Trinajstić information content (AvgIpc) is 3.38. The number of hydrogen-bond acceptors (Lipinski definition) is 4. The third-order valence-corrected chi connectivity index (χ3v) is 5.55. The first-order chi connectivity index (χ1) is 13.2. The van der Waals surface area contributed by atoms with Gasteiger partial charge in [-0.05, 0) is 19.3 Å². The summed E-state index contributed by atoms with van der Waals surface area (Å²) in [5, 5.41) is 8.81. The SMILES string of the molecule is Cn1nc2c(c1-c1ccccc1)CCN(C(=O)c1cc(C3CC3)no1)CC2. The highest BCUT2D eigenvalue weighted by molar-refractivity contribution is 5.91. The molecule has 3 heterocycles. The zero-order valence-electron chi connectivity index (χ0n) is 15.4. The van der Waals surface area contributed by atoms with Crippen LogP contribution in [0.1, 0.15) is 46.3 Å². The number of aromatic nitrogens is 3. The number of carbonyl (C=O) groups is 1. The van der Waals surface area contributed by atoms with Gasteiger partial charge in [0.05, 0.1) is 17.1 Å². The van der Waals surface area contributed by atoms with Crippen molar-refractivity contribution in [3.8, 4) is 11.3 Å². The molecule has 5 rings (SSSR count). The quantitative estimate of drug-likeness (QED) is 0.718. The molecule has 0 unspecified atom stereocenters. The summed E-state index contributed by atoms with van der Waals surface area (Å²) in [6.45, 7) is 1.31. The summed E-state index contributed by atoms with van der Waals surface area (Å²) in [7, 11) is 1.99. The predicted octanol–water partition coefficient (Wildman–Crippen LogP) is 3.19. The number of hydrogen-bond donors (Lipinski definition) is 0. The Morgan fingerprint density at radius 1 is 1.15 bits per heavy atom. The number of carbonyl (C=O) groups excluding carboxylic acids is 1. The van der Waals surface area contributed by atoms with E-state index >= 15 is 0 Å². The summed E-state index contributed by atoms with van der Waals surface area (Å²) < 4.78 is 7.30. The van der Waals surface area contributed by atoms with E-state index in [9.17, 15) is 4.79 Å². The standard InChI is InChI=1S/C21H22N4O2/c1-24-20(15-5-3-2-4-6-15)16-9-11-25(12-10-17(16)22-24)21(26)19-13-18(23-27-19)14-7-8-14/h2-6,13-14H,7-12H2,1H3. The molecule has 0 spiro atoms. The Balaban J connectivity index is 1.38. The molecule has 0 N–H and O–H groups in total. The fourth-order valence-electron chi connectivity index (χ4n) is 3.96. The Kier molecular flexibility index (Phi) is 3.85. The second kappa shape index (κ2) is 6.37. The molecule has 27 heavy (non-hydrogen) atoms. The second-order valence-electron chi connectivity index (χ2n) is 7.45. The first-order valence-corrected chi connectivity index (χ1v) is 9.57. The van der Waals surface area contributed by atoms with Crippen molar-refractivity contribution in [2.45, 2.75) is 31.6 Å². The maximum absolute atomic E-state index is 12.9. The van der Waals surface area contributed by atoms with Gasteiger partial charge in [-0.2, -0.15) is 5.10 Å². The summed E-state index contributed by atoms with van der Waals surface area (Å²) in [4.78, 5) is 14.7. The molecular weight excluding hydrogens is 340 g/mol. The van der Waals surface area contributed by atoms with Gasteiger partial charge in [-0.1, -0.05) is 35.5 Å². The zero-order valence-corrected chi connectivity index (χ0v) is 15.4. The molecule has 1 aliphatic carbocycles. The Morgan fingerprint density at radius 3 is 2.70 bits per heavy atom. The highest BCUT2D eigenvalue weighted by Crippen LogP contribution is 2.39. The molecule has 0 radical (unpaired) electrons. The molecular formula is C21H22N4O2. The van der Waals surface area contributed by atoms with Crippen LogP contribution >= 0.6 is 0 Å². The van der Waals surface area contributed by atoms with Crippen LogP contribution in [0.2, 0.25) is 0 Å². The Bertz CT molecular complexity index is 985. The minimum atomic E-state index is -0.0646. The summed E-state index contributed by atoms with van der Waals surface area (Å²) in [5.41, 5.74) is 5.57. The summed E-state index contributed by atoms with van der Waals surface area (Å²) in [5.74, 6) is 0.785. The fraction of sp³-hybridized carbons (Fsp3) is 0.381. The molecule has 1 amide bonds. The number of amides is 1. The molecule has 1 aromatic carbocycles. The third kappa shape index (κ3) is 2.95. The van der Waals surface area contributed by atoms with Crippen LogP contribution in [0, 0.1) is 0 Å². The van der Waals surface area contributed by atoms with Crippen LogP contribution in [0.25, 0.3) is 11.3 Å². The van der Waals surface area contributed by atoms with E-state index in [1.807, 2.05) is 40.9 Å². The molecule has 6 nitrogen and oxygen atoms in total. The Morgan fingerprint density at radius 2 is 1.93 bits per heavy atom. The minimum Gasteiger partial charge on any atom is -0.351 e.